The maximum Gasteiger partial charge on any atom is 0.240 e. The molecule has 0 radical (unpaired) electrons. The lowest BCUT2D eigenvalue weighted by molar-refractivity contribution is 0.0666. The van der Waals surface area contributed by atoms with Crippen molar-refractivity contribution in [1.82, 2.24) is 4.72 Å². The molecule has 0 fully saturated rings. The van der Waals surface area contributed by atoms with E-state index in [1.54, 1.807) is 24.4 Å². The number of aliphatic hydroxyl groups is 1. The molecule has 5 nitrogen and oxygen atoms in total. The van der Waals surface area contributed by atoms with Crippen molar-refractivity contribution in [2.75, 3.05) is 13.2 Å². The van der Waals surface area contributed by atoms with Gasteiger partial charge in [-0.25, -0.2) is 17.5 Å². The van der Waals surface area contributed by atoms with Crippen molar-refractivity contribution in [3.63, 3.8) is 0 Å². The van der Waals surface area contributed by atoms with Crippen LogP contribution in [0.4, 0.5) is 4.39 Å². The highest BCUT2D eigenvalue weighted by Crippen LogP contribution is 2.26. The average molecular weight is 359 g/mol. The van der Waals surface area contributed by atoms with Gasteiger partial charge in [0.1, 0.15) is 5.60 Å². The highest BCUT2D eigenvalue weighted by Gasteiger charge is 2.27. The highest BCUT2D eigenvalue weighted by molar-refractivity contribution is 7.89. The van der Waals surface area contributed by atoms with E-state index in [1.807, 2.05) is 0 Å². The minimum atomic E-state index is -3.94. The summed E-state index contributed by atoms with van der Waals surface area (Å²) in [5.74, 6) is -0.753. The van der Waals surface area contributed by atoms with E-state index in [-0.39, 0.29) is 23.8 Å². The summed E-state index contributed by atoms with van der Waals surface area (Å²) in [5.41, 5.74) is -1.34. The Balaban J connectivity index is 2.14. The molecule has 0 spiro atoms. The van der Waals surface area contributed by atoms with E-state index in [4.69, 9.17) is 4.74 Å². The standard InChI is InChI=1S/C15H18FNO4S2/c1-3-21-13-7-6-11(9-12(13)16)23(19,20)17-10-15(2,18)14-5-4-8-22-14/h4-9,17-18H,3,10H2,1-2H3. The Kier molecular flexibility index (Phi) is 5.41. The molecule has 1 atom stereocenters. The second-order valence-corrected chi connectivity index (χ2v) is 7.82. The van der Waals surface area contributed by atoms with Crippen molar-refractivity contribution in [3.8, 4) is 5.75 Å². The summed E-state index contributed by atoms with van der Waals surface area (Å²) in [4.78, 5) is 0.415. The Labute approximate surface area is 138 Å². The molecule has 2 aromatic rings. The van der Waals surface area contributed by atoms with Crippen LogP contribution in [0, 0.1) is 5.82 Å². The SMILES string of the molecule is CCOc1ccc(S(=O)(=O)NCC(C)(O)c2cccs2)cc1F. The average Bonchev–Trinajstić information content (AvgIpc) is 3.03. The van der Waals surface area contributed by atoms with Crippen molar-refractivity contribution >= 4 is 21.4 Å². The van der Waals surface area contributed by atoms with Crippen LogP contribution in [0.15, 0.2) is 40.6 Å². The molecule has 0 bridgehead atoms. The first-order valence-corrected chi connectivity index (χ1v) is 9.31. The van der Waals surface area contributed by atoms with Crippen LogP contribution < -0.4 is 9.46 Å². The fourth-order valence-electron chi connectivity index (χ4n) is 1.91. The van der Waals surface area contributed by atoms with Gasteiger partial charge in [-0.15, -0.1) is 11.3 Å². The molecule has 0 saturated carbocycles. The number of ether oxygens (including phenoxy) is 1. The molecule has 8 heteroatoms. The molecule has 0 aliphatic heterocycles. The zero-order valence-corrected chi connectivity index (χ0v) is 14.4. The van der Waals surface area contributed by atoms with Crippen molar-refractivity contribution in [2.24, 2.45) is 0 Å². The Bertz CT molecular complexity index is 758. The van der Waals surface area contributed by atoms with Gasteiger partial charge in [-0.3, -0.25) is 0 Å². The van der Waals surface area contributed by atoms with Crippen LogP contribution >= 0.6 is 11.3 Å². The normalized spacial score (nSPS) is 14.4. The first kappa shape index (κ1) is 17.9. The van der Waals surface area contributed by atoms with Crippen molar-refractivity contribution in [1.29, 1.82) is 0 Å². The Morgan fingerprint density at radius 2 is 2.13 bits per heavy atom. The number of thiophene rings is 1. The van der Waals surface area contributed by atoms with Gasteiger partial charge in [0.25, 0.3) is 0 Å². The molecule has 2 N–H and O–H groups in total. The predicted octanol–water partition coefficient (Wildman–Crippen LogP) is 2.47. The van der Waals surface area contributed by atoms with Crippen LogP contribution in [0.3, 0.4) is 0 Å². The minimum Gasteiger partial charge on any atom is -0.491 e. The van der Waals surface area contributed by atoms with Gasteiger partial charge in [-0.05, 0) is 43.5 Å². The lowest BCUT2D eigenvalue weighted by Crippen LogP contribution is -2.38. The molecular weight excluding hydrogens is 341 g/mol. The molecule has 1 heterocycles. The van der Waals surface area contributed by atoms with Crippen LogP contribution in [0.25, 0.3) is 0 Å². The van der Waals surface area contributed by atoms with Gasteiger partial charge in [0, 0.05) is 11.4 Å². The maximum atomic E-state index is 13.8. The van der Waals surface area contributed by atoms with E-state index in [9.17, 15) is 17.9 Å². The van der Waals surface area contributed by atoms with E-state index < -0.39 is 21.4 Å². The predicted molar refractivity (Wildman–Crippen MR) is 86.6 cm³/mol. The molecule has 23 heavy (non-hydrogen) atoms. The van der Waals surface area contributed by atoms with E-state index in [0.29, 0.717) is 4.88 Å². The van der Waals surface area contributed by atoms with Crippen LogP contribution in [-0.2, 0) is 15.6 Å². The van der Waals surface area contributed by atoms with Crippen LogP contribution in [0.5, 0.6) is 5.75 Å². The molecule has 126 valence electrons. The van der Waals surface area contributed by atoms with Crippen molar-refractivity contribution in [3.05, 3.63) is 46.4 Å². The molecule has 0 aliphatic carbocycles. The molecule has 0 saturated heterocycles. The largest absolute Gasteiger partial charge is 0.491 e. The van der Waals surface area contributed by atoms with Gasteiger partial charge in [0.05, 0.1) is 11.5 Å². The minimum absolute atomic E-state index is 0.00275. The number of rotatable bonds is 7. The van der Waals surface area contributed by atoms with Crippen LogP contribution in [0.1, 0.15) is 18.7 Å². The maximum absolute atomic E-state index is 13.8. The highest BCUT2D eigenvalue weighted by atomic mass is 32.2. The molecule has 0 aliphatic rings. The van der Waals surface area contributed by atoms with Gasteiger partial charge in [-0.2, -0.15) is 0 Å². The van der Waals surface area contributed by atoms with Crippen LogP contribution in [0.2, 0.25) is 0 Å². The zero-order valence-electron chi connectivity index (χ0n) is 12.7. The van der Waals surface area contributed by atoms with E-state index in [0.717, 1.165) is 6.07 Å². The van der Waals surface area contributed by atoms with E-state index in [1.165, 1.54) is 30.4 Å². The number of halogens is 1. The number of hydrogen-bond acceptors (Lipinski definition) is 5. The van der Waals surface area contributed by atoms with E-state index >= 15 is 0 Å². The summed E-state index contributed by atoms with van der Waals surface area (Å²) in [5, 5.41) is 12.1. The lowest BCUT2D eigenvalue weighted by atomic mass is 10.1. The van der Waals surface area contributed by atoms with Gasteiger partial charge in [0.2, 0.25) is 10.0 Å². The van der Waals surface area contributed by atoms with Gasteiger partial charge in [0.15, 0.2) is 11.6 Å². The Morgan fingerprint density at radius 3 is 2.70 bits per heavy atom. The molecule has 2 rings (SSSR count). The molecule has 1 unspecified atom stereocenters. The molecule has 0 amide bonds. The lowest BCUT2D eigenvalue weighted by Gasteiger charge is -2.22. The molecule has 1 aromatic heterocycles. The number of hydrogen-bond donors (Lipinski definition) is 2. The summed E-state index contributed by atoms with van der Waals surface area (Å²) in [7, 11) is -3.94. The van der Waals surface area contributed by atoms with Gasteiger partial charge in [-0.1, -0.05) is 6.07 Å². The smallest absolute Gasteiger partial charge is 0.240 e. The third kappa shape index (κ3) is 4.29. The topological polar surface area (TPSA) is 75.6 Å². The summed E-state index contributed by atoms with van der Waals surface area (Å²) in [6.45, 7) is 3.29. The second kappa shape index (κ2) is 6.96. The summed E-state index contributed by atoms with van der Waals surface area (Å²) in [6.07, 6.45) is 0. The number of benzene rings is 1. The fraction of sp³-hybridized carbons (Fsp3) is 0.333. The summed E-state index contributed by atoms with van der Waals surface area (Å²) >= 11 is 1.32. The second-order valence-electron chi connectivity index (χ2n) is 5.10. The number of nitrogens with one attached hydrogen (secondary N) is 1. The zero-order chi connectivity index (χ0) is 17.1. The quantitative estimate of drug-likeness (QED) is 0.796. The Hall–Kier alpha value is -1.48. The summed E-state index contributed by atoms with van der Waals surface area (Å²) in [6, 6.07) is 6.91. The number of sulfonamides is 1. The first-order valence-electron chi connectivity index (χ1n) is 6.94. The third-order valence-electron chi connectivity index (χ3n) is 3.17. The molecular formula is C15H18FNO4S2. The third-order valence-corrected chi connectivity index (χ3v) is 5.69. The van der Waals surface area contributed by atoms with Crippen molar-refractivity contribution < 1.29 is 22.7 Å². The van der Waals surface area contributed by atoms with Crippen LogP contribution in [-0.4, -0.2) is 26.7 Å². The summed E-state index contributed by atoms with van der Waals surface area (Å²) < 4.78 is 45.6. The fourth-order valence-corrected chi connectivity index (χ4v) is 3.84. The van der Waals surface area contributed by atoms with Crippen molar-refractivity contribution in [2.45, 2.75) is 24.3 Å². The first-order chi connectivity index (χ1) is 10.8. The van der Waals surface area contributed by atoms with E-state index in [2.05, 4.69) is 4.72 Å². The monoisotopic (exact) mass is 359 g/mol. The van der Waals surface area contributed by atoms with Gasteiger partial charge < -0.3 is 9.84 Å². The Morgan fingerprint density at radius 1 is 1.39 bits per heavy atom. The molecule has 1 aromatic carbocycles. The van der Waals surface area contributed by atoms with Gasteiger partial charge >= 0.3 is 0 Å².